The van der Waals surface area contributed by atoms with Crippen LogP contribution in [0.2, 0.25) is 0 Å². The van der Waals surface area contributed by atoms with Crippen molar-refractivity contribution in [2.75, 3.05) is 32.7 Å². The largest absolute Gasteiger partial charge is 0.368 e. The number of amides is 2. The van der Waals surface area contributed by atoms with E-state index in [1.165, 1.54) is 25.9 Å². The van der Waals surface area contributed by atoms with Crippen LogP contribution in [0.25, 0.3) is 0 Å². The van der Waals surface area contributed by atoms with E-state index in [1.54, 1.807) is 12.4 Å². The van der Waals surface area contributed by atoms with E-state index < -0.39 is 0 Å². The van der Waals surface area contributed by atoms with Crippen LogP contribution in [-0.4, -0.2) is 63.9 Å². The molecule has 1 unspecified atom stereocenters. The molecule has 2 N–H and O–H groups in total. The molecule has 7 heteroatoms. The molecule has 138 valence electrons. The Morgan fingerprint density at radius 3 is 2.76 bits per heavy atom. The van der Waals surface area contributed by atoms with Gasteiger partial charge in [0.2, 0.25) is 11.8 Å². The van der Waals surface area contributed by atoms with Gasteiger partial charge in [-0.25, -0.2) is 4.98 Å². The molecule has 1 aromatic rings. The van der Waals surface area contributed by atoms with Crippen LogP contribution in [-0.2, 0) is 16.1 Å². The Hall–Kier alpha value is -1.89. The van der Waals surface area contributed by atoms with E-state index in [4.69, 9.17) is 5.73 Å². The van der Waals surface area contributed by atoms with E-state index in [-0.39, 0.29) is 24.3 Å². The minimum absolute atomic E-state index is 0.148. The summed E-state index contributed by atoms with van der Waals surface area (Å²) in [4.78, 5) is 32.6. The van der Waals surface area contributed by atoms with Gasteiger partial charge in [-0.3, -0.25) is 9.59 Å². The fourth-order valence-electron chi connectivity index (χ4n) is 4.01. The van der Waals surface area contributed by atoms with Crippen molar-refractivity contribution >= 4 is 11.8 Å². The van der Waals surface area contributed by atoms with Gasteiger partial charge in [0, 0.05) is 37.8 Å². The highest BCUT2D eigenvalue weighted by atomic mass is 16.2. The fourth-order valence-corrected chi connectivity index (χ4v) is 4.01. The molecule has 0 saturated carbocycles. The summed E-state index contributed by atoms with van der Waals surface area (Å²) < 4.78 is 1.81. The minimum Gasteiger partial charge on any atom is -0.368 e. The number of hydrogen-bond donors (Lipinski definition) is 1. The third-order valence-electron chi connectivity index (χ3n) is 5.28. The van der Waals surface area contributed by atoms with Gasteiger partial charge in [0.15, 0.2) is 0 Å². The number of primary amides is 1. The van der Waals surface area contributed by atoms with Gasteiger partial charge in [0.25, 0.3) is 0 Å². The number of aromatic nitrogens is 2. The predicted molar refractivity (Wildman–Crippen MR) is 94.9 cm³/mol. The lowest BCUT2D eigenvalue weighted by Crippen LogP contribution is -2.40. The minimum atomic E-state index is -0.370. The molecule has 1 atom stereocenters. The molecule has 0 aromatic carbocycles. The topological polar surface area (TPSA) is 84.5 Å². The molecule has 2 aliphatic rings. The Morgan fingerprint density at radius 1 is 1.20 bits per heavy atom. The van der Waals surface area contributed by atoms with E-state index in [0.717, 1.165) is 38.2 Å². The van der Waals surface area contributed by atoms with E-state index in [2.05, 4.69) is 9.88 Å². The van der Waals surface area contributed by atoms with Crippen molar-refractivity contribution in [3.63, 3.8) is 0 Å². The fraction of sp³-hybridized carbons (Fsp3) is 0.722. The lowest BCUT2D eigenvalue weighted by molar-refractivity contribution is -0.132. The van der Waals surface area contributed by atoms with Gasteiger partial charge in [-0.2, -0.15) is 0 Å². The Morgan fingerprint density at radius 2 is 2.00 bits per heavy atom. The number of imidazole rings is 1. The summed E-state index contributed by atoms with van der Waals surface area (Å²) in [7, 11) is 0. The highest BCUT2D eigenvalue weighted by molar-refractivity contribution is 5.76. The van der Waals surface area contributed by atoms with Crippen LogP contribution in [0, 0.1) is 0 Å². The zero-order chi connectivity index (χ0) is 17.6. The van der Waals surface area contributed by atoms with Crippen molar-refractivity contribution in [1.82, 2.24) is 19.4 Å². The zero-order valence-electron chi connectivity index (χ0n) is 14.9. The van der Waals surface area contributed by atoms with E-state index in [9.17, 15) is 9.59 Å². The van der Waals surface area contributed by atoms with E-state index >= 15 is 0 Å². The van der Waals surface area contributed by atoms with Crippen LogP contribution < -0.4 is 5.73 Å². The quantitative estimate of drug-likeness (QED) is 0.796. The first-order chi connectivity index (χ1) is 12.1. The molecule has 7 nitrogen and oxygen atoms in total. The molecule has 2 aliphatic heterocycles. The third kappa shape index (κ3) is 4.81. The molecule has 25 heavy (non-hydrogen) atoms. The molecule has 0 radical (unpaired) electrons. The monoisotopic (exact) mass is 347 g/mol. The van der Waals surface area contributed by atoms with Gasteiger partial charge >= 0.3 is 0 Å². The standard InChI is InChI=1S/C18H29N5O2/c19-16(24)14-23-12-7-20-18(23)15-5-3-11-22(13-15)17(25)6-4-10-21-8-1-2-9-21/h7,12,15H,1-6,8-11,13-14H2,(H2,19,24). The number of likely N-dealkylation sites (tertiary alicyclic amines) is 2. The summed E-state index contributed by atoms with van der Waals surface area (Å²) >= 11 is 0. The zero-order valence-corrected chi connectivity index (χ0v) is 14.9. The first-order valence-corrected chi connectivity index (χ1v) is 9.43. The van der Waals surface area contributed by atoms with E-state index in [0.29, 0.717) is 13.0 Å². The summed E-state index contributed by atoms with van der Waals surface area (Å²) in [6.07, 6.45) is 9.61. The summed E-state index contributed by atoms with van der Waals surface area (Å²) in [5.41, 5.74) is 5.31. The SMILES string of the molecule is NC(=O)Cn1ccnc1C1CCCN(C(=O)CCCN2CCCC2)C1. The molecule has 2 amide bonds. The van der Waals surface area contributed by atoms with Crippen molar-refractivity contribution in [3.05, 3.63) is 18.2 Å². The van der Waals surface area contributed by atoms with Crippen LogP contribution in [0.4, 0.5) is 0 Å². The molecule has 2 fully saturated rings. The maximum Gasteiger partial charge on any atom is 0.237 e. The first-order valence-electron chi connectivity index (χ1n) is 9.43. The molecule has 3 heterocycles. The van der Waals surface area contributed by atoms with Crippen molar-refractivity contribution < 1.29 is 9.59 Å². The molecule has 1 aromatic heterocycles. The number of nitrogens with zero attached hydrogens (tertiary/aromatic N) is 4. The average Bonchev–Trinajstić information content (AvgIpc) is 3.26. The van der Waals surface area contributed by atoms with Gasteiger partial charge in [0.05, 0.1) is 0 Å². The number of piperidine rings is 1. The van der Waals surface area contributed by atoms with Gasteiger partial charge in [0.1, 0.15) is 12.4 Å². The average molecular weight is 347 g/mol. The van der Waals surface area contributed by atoms with Crippen LogP contribution >= 0.6 is 0 Å². The van der Waals surface area contributed by atoms with Gasteiger partial charge < -0.3 is 20.1 Å². The summed E-state index contributed by atoms with van der Waals surface area (Å²) in [5.74, 6) is 0.931. The lowest BCUT2D eigenvalue weighted by Gasteiger charge is -2.33. The van der Waals surface area contributed by atoms with Crippen LogP contribution in [0.15, 0.2) is 12.4 Å². The number of carbonyl (C=O) groups is 2. The smallest absolute Gasteiger partial charge is 0.237 e. The normalized spacial score (nSPS) is 21.6. The van der Waals surface area contributed by atoms with Crippen molar-refractivity contribution in [1.29, 1.82) is 0 Å². The number of carbonyl (C=O) groups excluding carboxylic acids is 2. The van der Waals surface area contributed by atoms with Gasteiger partial charge in [-0.1, -0.05) is 0 Å². The Balaban J connectivity index is 1.51. The van der Waals surface area contributed by atoms with Crippen molar-refractivity contribution in [2.24, 2.45) is 5.73 Å². The summed E-state index contributed by atoms with van der Waals surface area (Å²) in [6.45, 7) is 5.07. The Bertz CT molecular complexity index is 594. The maximum absolute atomic E-state index is 12.6. The van der Waals surface area contributed by atoms with Gasteiger partial charge in [-0.15, -0.1) is 0 Å². The molecule has 0 spiro atoms. The second-order valence-corrected chi connectivity index (χ2v) is 7.21. The van der Waals surface area contributed by atoms with Crippen molar-refractivity contribution in [2.45, 2.75) is 51.0 Å². The molecule has 0 aliphatic carbocycles. The first kappa shape index (κ1) is 17.9. The number of hydrogen-bond acceptors (Lipinski definition) is 4. The molecular weight excluding hydrogens is 318 g/mol. The summed E-state index contributed by atoms with van der Waals surface area (Å²) in [5, 5.41) is 0. The highest BCUT2D eigenvalue weighted by Gasteiger charge is 2.27. The molecular formula is C18H29N5O2. The second-order valence-electron chi connectivity index (χ2n) is 7.21. The lowest BCUT2D eigenvalue weighted by atomic mass is 9.96. The van der Waals surface area contributed by atoms with E-state index in [1.807, 2.05) is 9.47 Å². The third-order valence-corrected chi connectivity index (χ3v) is 5.28. The maximum atomic E-state index is 12.6. The van der Waals surface area contributed by atoms with Crippen LogP contribution in [0.3, 0.4) is 0 Å². The summed E-state index contributed by atoms with van der Waals surface area (Å²) in [6, 6.07) is 0. The predicted octanol–water partition coefficient (Wildman–Crippen LogP) is 0.950. The van der Waals surface area contributed by atoms with Crippen LogP contribution in [0.1, 0.15) is 50.3 Å². The van der Waals surface area contributed by atoms with Crippen LogP contribution in [0.5, 0.6) is 0 Å². The molecule has 0 bridgehead atoms. The number of nitrogens with two attached hydrogens (primary N) is 1. The number of rotatable bonds is 7. The second kappa shape index (κ2) is 8.47. The molecule has 3 rings (SSSR count). The van der Waals surface area contributed by atoms with Crippen molar-refractivity contribution in [3.8, 4) is 0 Å². The molecule has 2 saturated heterocycles. The van der Waals surface area contributed by atoms with Gasteiger partial charge in [-0.05, 0) is 51.7 Å². The Labute approximate surface area is 149 Å². The highest BCUT2D eigenvalue weighted by Crippen LogP contribution is 2.26. The Kier molecular flexibility index (Phi) is 6.07.